The van der Waals surface area contributed by atoms with Gasteiger partial charge in [-0.1, -0.05) is 12.1 Å². The fraction of sp³-hybridized carbons (Fsp3) is 0.0588. The zero-order valence-electron chi connectivity index (χ0n) is 13.2. The third-order valence-corrected chi connectivity index (χ3v) is 4.21. The highest BCUT2D eigenvalue weighted by Gasteiger charge is 2.08. The lowest BCUT2D eigenvalue weighted by Crippen LogP contribution is -1.99. The molecule has 0 radical (unpaired) electrons. The molecular formula is C17H14N4O3S. The molecule has 0 saturated carbocycles. The van der Waals surface area contributed by atoms with Crippen LogP contribution in [-0.2, 0) is 0 Å². The first kappa shape index (κ1) is 16.6. The number of rotatable bonds is 5. The molecule has 3 rings (SSSR count). The molecule has 25 heavy (non-hydrogen) atoms. The molecule has 126 valence electrons. The van der Waals surface area contributed by atoms with Crippen LogP contribution in [0.15, 0.2) is 59.0 Å². The van der Waals surface area contributed by atoms with E-state index >= 15 is 0 Å². The van der Waals surface area contributed by atoms with E-state index < -0.39 is 4.92 Å². The van der Waals surface area contributed by atoms with Crippen LogP contribution >= 0.6 is 11.3 Å². The van der Waals surface area contributed by atoms with Crippen LogP contribution in [0.2, 0.25) is 0 Å². The fourth-order valence-electron chi connectivity index (χ4n) is 2.14. The van der Waals surface area contributed by atoms with Crippen LogP contribution in [0.3, 0.4) is 0 Å². The molecule has 0 aliphatic heterocycles. The van der Waals surface area contributed by atoms with Crippen molar-refractivity contribution in [2.75, 3.05) is 5.43 Å². The van der Waals surface area contributed by atoms with Gasteiger partial charge in [-0.15, -0.1) is 11.3 Å². The normalized spacial score (nSPS) is 11.3. The van der Waals surface area contributed by atoms with Crippen molar-refractivity contribution in [1.82, 2.24) is 4.98 Å². The number of phenols is 1. The van der Waals surface area contributed by atoms with E-state index in [2.05, 4.69) is 15.5 Å². The van der Waals surface area contributed by atoms with Crippen molar-refractivity contribution in [1.29, 1.82) is 0 Å². The number of hydrogen-bond donors (Lipinski definition) is 2. The molecule has 0 aliphatic carbocycles. The number of thiazole rings is 1. The first-order valence-electron chi connectivity index (χ1n) is 7.33. The van der Waals surface area contributed by atoms with E-state index in [9.17, 15) is 15.2 Å². The number of nitro groups is 1. The van der Waals surface area contributed by atoms with Gasteiger partial charge in [0.2, 0.25) is 5.13 Å². The maximum absolute atomic E-state index is 10.7. The summed E-state index contributed by atoms with van der Waals surface area (Å²) in [7, 11) is 0. The second kappa shape index (κ2) is 7.10. The van der Waals surface area contributed by atoms with Gasteiger partial charge in [0.1, 0.15) is 5.75 Å². The van der Waals surface area contributed by atoms with E-state index in [1.807, 2.05) is 18.4 Å². The molecule has 0 aliphatic rings. The van der Waals surface area contributed by atoms with Crippen LogP contribution in [0.4, 0.5) is 10.8 Å². The predicted octanol–water partition coefficient (Wildman–Crippen LogP) is 4.26. The number of hydrogen-bond acceptors (Lipinski definition) is 7. The van der Waals surface area contributed by atoms with Crippen LogP contribution in [-0.4, -0.2) is 20.7 Å². The molecule has 2 N–H and O–H groups in total. The van der Waals surface area contributed by atoms with Crippen molar-refractivity contribution >= 4 is 27.9 Å². The number of nitro benzene ring substituents is 1. The van der Waals surface area contributed by atoms with Gasteiger partial charge < -0.3 is 5.11 Å². The number of hydrazone groups is 1. The molecule has 0 saturated heterocycles. The van der Waals surface area contributed by atoms with Crippen LogP contribution in [0.1, 0.15) is 12.5 Å². The summed E-state index contributed by atoms with van der Waals surface area (Å²) in [5.41, 5.74) is 5.96. The zero-order chi connectivity index (χ0) is 17.8. The van der Waals surface area contributed by atoms with Crippen LogP contribution in [0, 0.1) is 10.1 Å². The molecule has 8 heteroatoms. The zero-order valence-corrected chi connectivity index (χ0v) is 14.0. The molecule has 0 atom stereocenters. The van der Waals surface area contributed by atoms with Crippen molar-refractivity contribution in [2.45, 2.75) is 6.92 Å². The summed E-state index contributed by atoms with van der Waals surface area (Å²) in [6, 6.07) is 13.1. The third-order valence-electron chi connectivity index (χ3n) is 3.46. The van der Waals surface area contributed by atoms with Gasteiger partial charge in [-0.05, 0) is 31.2 Å². The number of aromatic nitrogens is 1. The topological polar surface area (TPSA) is 101 Å². The quantitative estimate of drug-likeness (QED) is 0.405. The Bertz CT molecular complexity index is 935. The van der Waals surface area contributed by atoms with Crippen molar-refractivity contribution in [2.24, 2.45) is 5.10 Å². The lowest BCUT2D eigenvalue weighted by atomic mass is 10.1. The Labute approximate surface area is 147 Å². The van der Waals surface area contributed by atoms with Gasteiger partial charge >= 0.3 is 0 Å². The number of aromatic hydroxyl groups is 1. The summed E-state index contributed by atoms with van der Waals surface area (Å²) in [6.45, 7) is 1.83. The number of nitrogens with zero attached hydrogens (tertiary/aromatic N) is 3. The maximum atomic E-state index is 10.7. The average Bonchev–Trinajstić information content (AvgIpc) is 3.08. The van der Waals surface area contributed by atoms with Crippen molar-refractivity contribution in [3.05, 3.63) is 69.6 Å². The highest BCUT2D eigenvalue weighted by atomic mass is 32.1. The van der Waals surface area contributed by atoms with Crippen molar-refractivity contribution in [3.63, 3.8) is 0 Å². The Morgan fingerprint density at radius 3 is 2.72 bits per heavy atom. The average molecular weight is 354 g/mol. The number of anilines is 1. The summed E-state index contributed by atoms with van der Waals surface area (Å²) in [6.07, 6.45) is 0. The first-order chi connectivity index (χ1) is 12.0. The Balaban J connectivity index is 1.73. The Kier molecular flexibility index (Phi) is 4.71. The second-order valence-corrected chi connectivity index (χ2v) is 6.06. The van der Waals surface area contributed by atoms with Gasteiger partial charge in [-0.25, -0.2) is 4.98 Å². The monoisotopic (exact) mass is 354 g/mol. The Hall–Kier alpha value is -3.26. The fourth-order valence-corrected chi connectivity index (χ4v) is 2.80. The summed E-state index contributed by atoms with van der Waals surface area (Å²) < 4.78 is 0. The predicted molar refractivity (Wildman–Crippen MR) is 98.1 cm³/mol. The third kappa shape index (κ3) is 3.99. The molecule has 7 nitrogen and oxygen atoms in total. The lowest BCUT2D eigenvalue weighted by Gasteiger charge is -2.02. The molecule has 0 spiro atoms. The Morgan fingerprint density at radius 2 is 2.04 bits per heavy atom. The molecule has 0 bridgehead atoms. The molecule has 2 aromatic carbocycles. The molecular weight excluding hydrogens is 340 g/mol. The van der Waals surface area contributed by atoms with Crippen molar-refractivity contribution < 1.29 is 10.0 Å². The lowest BCUT2D eigenvalue weighted by molar-refractivity contribution is -0.384. The van der Waals surface area contributed by atoms with Gasteiger partial charge in [0.25, 0.3) is 5.69 Å². The second-order valence-electron chi connectivity index (χ2n) is 5.20. The summed E-state index contributed by atoms with van der Waals surface area (Å²) in [5, 5.41) is 26.9. The molecule has 0 unspecified atom stereocenters. The largest absolute Gasteiger partial charge is 0.508 e. The van der Waals surface area contributed by atoms with Crippen LogP contribution in [0.25, 0.3) is 11.3 Å². The molecule has 0 amide bonds. The minimum Gasteiger partial charge on any atom is -0.508 e. The Morgan fingerprint density at radius 1 is 1.28 bits per heavy atom. The van der Waals surface area contributed by atoms with E-state index in [0.29, 0.717) is 16.5 Å². The van der Waals surface area contributed by atoms with Gasteiger partial charge in [-0.2, -0.15) is 5.10 Å². The van der Waals surface area contributed by atoms with Gasteiger partial charge in [-0.3, -0.25) is 15.5 Å². The van der Waals surface area contributed by atoms with E-state index in [4.69, 9.17) is 0 Å². The molecule has 1 aromatic heterocycles. The maximum Gasteiger partial charge on any atom is 0.269 e. The molecule has 0 fully saturated rings. The van der Waals surface area contributed by atoms with Gasteiger partial charge in [0, 0.05) is 28.6 Å². The minimum atomic E-state index is -0.434. The van der Waals surface area contributed by atoms with E-state index in [0.717, 1.165) is 11.1 Å². The number of benzene rings is 2. The molecule has 3 aromatic rings. The van der Waals surface area contributed by atoms with E-state index in [1.165, 1.54) is 23.5 Å². The highest BCUT2D eigenvalue weighted by Crippen LogP contribution is 2.26. The summed E-state index contributed by atoms with van der Waals surface area (Å²) in [4.78, 5) is 14.7. The SMILES string of the molecule is C/C(=N/Nc1nc(-c2ccc([N+](=O)[O-])cc2)cs1)c1cccc(O)c1. The number of nitrogens with one attached hydrogen (secondary N) is 1. The molecule has 1 heterocycles. The van der Waals surface area contributed by atoms with Gasteiger partial charge in [0.15, 0.2) is 0 Å². The van der Waals surface area contributed by atoms with E-state index in [-0.39, 0.29) is 11.4 Å². The smallest absolute Gasteiger partial charge is 0.269 e. The first-order valence-corrected chi connectivity index (χ1v) is 8.21. The highest BCUT2D eigenvalue weighted by molar-refractivity contribution is 7.14. The number of phenolic OH excluding ortho intramolecular Hbond substituents is 1. The van der Waals surface area contributed by atoms with Crippen molar-refractivity contribution in [3.8, 4) is 17.0 Å². The van der Waals surface area contributed by atoms with Crippen LogP contribution in [0.5, 0.6) is 5.75 Å². The summed E-state index contributed by atoms with van der Waals surface area (Å²) in [5.74, 6) is 0.182. The standard InChI is InChI=1S/C17H14N4O3S/c1-11(13-3-2-4-15(22)9-13)19-20-17-18-16(10-25-17)12-5-7-14(8-6-12)21(23)24/h2-10,22H,1H3,(H,18,20)/b19-11-. The minimum absolute atomic E-state index is 0.0451. The van der Waals surface area contributed by atoms with Gasteiger partial charge in [0.05, 0.1) is 16.3 Å². The summed E-state index contributed by atoms with van der Waals surface area (Å²) >= 11 is 1.38. The number of non-ortho nitro benzene ring substituents is 1. The van der Waals surface area contributed by atoms with Crippen LogP contribution < -0.4 is 5.43 Å². The van der Waals surface area contributed by atoms with E-state index in [1.54, 1.807) is 30.3 Å².